The smallest absolute Gasteiger partial charge is 0.130 e. The molecular weight excluding hydrogens is 259 g/mol. The molecule has 0 amide bonds. The lowest BCUT2D eigenvalue weighted by atomic mass is 10.1. The third-order valence-electron chi connectivity index (χ3n) is 3.06. The van der Waals surface area contributed by atoms with E-state index in [1.807, 2.05) is 4.57 Å². The fourth-order valence-corrected chi connectivity index (χ4v) is 2.04. The number of benzene rings is 1. The van der Waals surface area contributed by atoms with Crippen molar-refractivity contribution in [3.05, 3.63) is 47.8 Å². The van der Waals surface area contributed by atoms with Crippen molar-refractivity contribution in [2.75, 3.05) is 0 Å². The lowest BCUT2D eigenvalue weighted by Gasteiger charge is -2.14. The molecule has 0 saturated carbocycles. The molecule has 20 heavy (non-hydrogen) atoms. The van der Waals surface area contributed by atoms with Gasteiger partial charge in [-0.3, -0.25) is 0 Å². The fourth-order valence-electron chi connectivity index (χ4n) is 2.04. The van der Waals surface area contributed by atoms with Crippen molar-refractivity contribution in [1.82, 2.24) is 9.55 Å². The van der Waals surface area contributed by atoms with Crippen LogP contribution in [-0.4, -0.2) is 14.7 Å². The van der Waals surface area contributed by atoms with Crippen molar-refractivity contribution in [3.8, 4) is 5.75 Å². The number of hydrogen-bond donors (Lipinski definition) is 1. The highest BCUT2D eigenvalue weighted by Crippen LogP contribution is 2.26. The maximum absolute atomic E-state index is 13.3. The Labute approximate surface area is 117 Å². The summed E-state index contributed by atoms with van der Waals surface area (Å²) in [5, 5.41) is 9.67. The molecule has 1 aromatic carbocycles. The molecule has 0 aliphatic heterocycles. The van der Waals surface area contributed by atoms with Gasteiger partial charge >= 0.3 is 0 Å². The number of aromatic nitrogens is 2. The highest BCUT2D eigenvalue weighted by Gasteiger charge is 2.11. The van der Waals surface area contributed by atoms with Crippen LogP contribution in [0.25, 0.3) is 0 Å². The summed E-state index contributed by atoms with van der Waals surface area (Å²) in [6.07, 6.45) is 3.79. The van der Waals surface area contributed by atoms with Crippen molar-refractivity contribution >= 4 is 0 Å². The van der Waals surface area contributed by atoms with E-state index in [-0.39, 0.29) is 5.82 Å². The lowest BCUT2D eigenvalue weighted by Crippen LogP contribution is -2.07. The molecule has 5 heteroatoms. The average Bonchev–Trinajstić information content (AvgIpc) is 2.84. The summed E-state index contributed by atoms with van der Waals surface area (Å²) in [7, 11) is 0. The van der Waals surface area contributed by atoms with Gasteiger partial charge in [-0.1, -0.05) is 6.92 Å². The molecule has 0 fully saturated rings. The van der Waals surface area contributed by atoms with E-state index in [2.05, 4.69) is 11.9 Å². The van der Waals surface area contributed by atoms with E-state index in [1.54, 1.807) is 25.5 Å². The van der Waals surface area contributed by atoms with Crippen molar-refractivity contribution in [3.63, 3.8) is 0 Å². The van der Waals surface area contributed by atoms with Crippen molar-refractivity contribution in [1.29, 1.82) is 0 Å². The van der Waals surface area contributed by atoms with Gasteiger partial charge in [0.05, 0.1) is 24.3 Å². The quantitative estimate of drug-likeness (QED) is 0.883. The van der Waals surface area contributed by atoms with Crippen LogP contribution in [-0.2, 0) is 13.2 Å². The average molecular weight is 278 g/mol. The molecule has 2 rings (SSSR count). The largest absolute Gasteiger partial charge is 0.487 e. The first-order valence-corrected chi connectivity index (χ1v) is 6.71. The van der Waals surface area contributed by atoms with Crippen LogP contribution in [0.15, 0.2) is 30.7 Å². The minimum absolute atomic E-state index is 0.295. The van der Waals surface area contributed by atoms with Gasteiger partial charge in [-0.2, -0.15) is 0 Å². The van der Waals surface area contributed by atoms with Crippen LogP contribution in [0.5, 0.6) is 5.75 Å². The molecule has 0 aliphatic carbocycles. The van der Waals surface area contributed by atoms with Crippen LogP contribution in [0.1, 0.15) is 37.6 Å². The molecule has 1 N–H and O–H groups in total. The Hall–Kier alpha value is -1.88. The molecule has 4 nitrogen and oxygen atoms in total. The monoisotopic (exact) mass is 278 g/mol. The van der Waals surface area contributed by atoms with Crippen LogP contribution >= 0.6 is 0 Å². The predicted molar refractivity (Wildman–Crippen MR) is 73.9 cm³/mol. The first kappa shape index (κ1) is 14.5. The van der Waals surface area contributed by atoms with Gasteiger partial charge in [0.15, 0.2) is 0 Å². The topological polar surface area (TPSA) is 47.3 Å². The zero-order valence-electron chi connectivity index (χ0n) is 11.7. The zero-order chi connectivity index (χ0) is 14.5. The standard InChI is InChI=1S/C15H19FN2O2/c1-3-6-18-10-17-8-13(18)9-20-15-7-12(16)4-5-14(15)11(2)19/h4-5,7-8,10-11,19H,3,6,9H2,1-2H3/t11-/m1/s1. The lowest BCUT2D eigenvalue weighted by molar-refractivity contribution is 0.189. The number of hydrogen-bond acceptors (Lipinski definition) is 3. The molecule has 108 valence electrons. The minimum Gasteiger partial charge on any atom is -0.487 e. The Morgan fingerprint density at radius 2 is 2.25 bits per heavy atom. The van der Waals surface area contributed by atoms with Gasteiger partial charge in [0.25, 0.3) is 0 Å². The highest BCUT2D eigenvalue weighted by atomic mass is 19.1. The Bertz CT molecular complexity index is 567. The number of imidazole rings is 1. The summed E-state index contributed by atoms with van der Waals surface area (Å²) < 4.78 is 20.9. The van der Waals surface area contributed by atoms with E-state index in [1.165, 1.54) is 12.1 Å². The molecule has 0 saturated heterocycles. The number of nitrogens with zero attached hydrogens (tertiary/aromatic N) is 2. The molecule has 2 aromatic rings. The zero-order valence-corrected chi connectivity index (χ0v) is 11.7. The van der Waals surface area contributed by atoms with Crippen molar-refractivity contribution < 1.29 is 14.2 Å². The summed E-state index contributed by atoms with van der Waals surface area (Å²) in [4.78, 5) is 4.09. The van der Waals surface area contributed by atoms with Crippen LogP contribution in [0, 0.1) is 5.82 Å². The molecule has 0 radical (unpaired) electrons. The molecule has 0 spiro atoms. The number of aryl methyl sites for hydroxylation is 1. The molecular formula is C15H19FN2O2. The Balaban J connectivity index is 2.14. The van der Waals surface area contributed by atoms with E-state index in [0.29, 0.717) is 17.9 Å². The Kier molecular flexibility index (Phi) is 4.74. The number of rotatable bonds is 6. The number of ether oxygens (including phenoxy) is 1. The van der Waals surface area contributed by atoms with Gasteiger partial charge < -0.3 is 14.4 Å². The summed E-state index contributed by atoms with van der Waals surface area (Å²) in [5.74, 6) is -0.0179. The number of aliphatic hydroxyl groups is 1. The second kappa shape index (κ2) is 6.52. The summed E-state index contributed by atoms with van der Waals surface area (Å²) in [5.41, 5.74) is 1.50. The van der Waals surface area contributed by atoms with Crippen LogP contribution < -0.4 is 4.74 Å². The Morgan fingerprint density at radius 3 is 2.95 bits per heavy atom. The molecule has 1 heterocycles. The molecule has 0 bridgehead atoms. The number of halogens is 1. The van der Waals surface area contributed by atoms with E-state index in [0.717, 1.165) is 18.7 Å². The van der Waals surface area contributed by atoms with Gasteiger partial charge in [0.1, 0.15) is 18.2 Å². The Morgan fingerprint density at radius 1 is 1.45 bits per heavy atom. The molecule has 0 unspecified atom stereocenters. The van der Waals surface area contributed by atoms with Gasteiger partial charge in [-0.25, -0.2) is 9.37 Å². The van der Waals surface area contributed by atoms with E-state index in [4.69, 9.17) is 4.74 Å². The number of aliphatic hydroxyl groups excluding tert-OH is 1. The van der Waals surface area contributed by atoms with Gasteiger partial charge in [0.2, 0.25) is 0 Å². The van der Waals surface area contributed by atoms with E-state index < -0.39 is 6.10 Å². The third kappa shape index (κ3) is 3.36. The maximum Gasteiger partial charge on any atom is 0.130 e. The molecule has 0 aliphatic rings. The van der Waals surface area contributed by atoms with Crippen molar-refractivity contribution in [2.24, 2.45) is 0 Å². The third-order valence-corrected chi connectivity index (χ3v) is 3.06. The fraction of sp³-hybridized carbons (Fsp3) is 0.400. The summed E-state index contributed by atoms with van der Waals surface area (Å²) in [6, 6.07) is 4.15. The first-order chi connectivity index (χ1) is 9.61. The van der Waals surface area contributed by atoms with E-state index >= 15 is 0 Å². The van der Waals surface area contributed by atoms with Gasteiger partial charge in [0, 0.05) is 18.2 Å². The summed E-state index contributed by atoms with van der Waals surface area (Å²) >= 11 is 0. The van der Waals surface area contributed by atoms with Crippen LogP contribution in [0.4, 0.5) is 4.39 Å². The normalized spacial score (nSPS) is 12.4. The minimum atomic E-state index is -0.703. The highest BCUT2D eigenvalue weighted by molar-refractivity contribution is 5.35. The second-order valence-corrected chi connectivity index (χ2v) is 4.73. The summed E-state index contributed by atoms with van der Waals surface area (Å²) in [6.45, 7) is 4.87. The van der Waals surface area contributed by atoms with Crippen LogP contribution in [0.2, 0.25) is 0 Å². The molecule has 1 aromatic heterocycles. The van der Waals surface area contributed by atoms with Gasteiger partial charge in [-0.15, -0.1) is 0 Å². The predicted octanol–water partition coefficient (Wildman–Crippen LogP) is 3.06. The SMILES string of the molecule is CCCn1cncc1COc1cc(F)ccc1[C@@H](C)O. The van der Waals surface area contributed by atoms with Gasteiger partial charge in [-0.05, 0) is 25.5 Å². The maximum atomic E-state index is 13.3. The molecule has 1 atom stereocenters. The van der Waals surface area contributed by atoms with Crippen LogP contribution in [0.3, 0.4) is 0 Å². The van der Waals surface area contributed by atoms with Crippen molar-refractivity contribution in [2.45, 2.75) is 39.5 Å². The van der Waals surface area contributed by atoms with E-state index in [9.17, 15) is 9.50 Å². The first-order valence-electron chi connectivity index (χ1n) is 6.71. The second-order valence-electron chi connectivity index (χ2n) is 4.73.